The van der Waals surface area contributed by atoms with Crippen molar-refractivity contribution < 1.29 is 4.74 Å². The van der Waals surface area contributed by atoms with Gasteiger partial charge in [0.25, 0.3) is 0 Å². The van der Waals surface area contributed by atoms with Crippen molar-refractivity contribution in [3.8, 4) is 5.75 Å². The minimum Gasteiger partial charge on any atom is -0.758 e. The van der Waals surface area contributed by atoms with E-state index in [1.165, 1.54) is 11.9 Å². The van der Waals surface area contributed by atoms with E-state index in [-0.39, 0.29) is 12.0 Å². The number of benzene rings is 2. The van der Waals surface area contributed by atoms with Gasteiger partial charge in [0.1, 0.15) is 12.1 Å². The molecule has 5 rings (SSSR count). The van der Waals surface area contributed by atoms with Gasteiger partial charge in [0.15, 0.2) is 0 Å². The largest absolute Gasteiger partial charge is 0.758 e. The first-order valence-electron chi connectivity index (χ1n) is 9.95. The Bertz CT molecular complexity index is 1120. The van der Waals surface area contributed by atoms with Gasteiger partial charge in [0.05, 0.1) is 12.8 Å². The van der Waals surface area contributed by atoms with Crippen molar-refractivity contribution in [2.45, 2.75) is 32.2 Å². The minimum absolute atomic E-state index is 0.111. The molecule has 1 aromatic heterocycles. The summed E-state index contributed by atoms with van der Waals surface area (Å²) >= 11 is 0. The fourth-order valence-corrected chi connectivity index (χ4v) is 4.11. The topological polar surface area (TPSA) is 98.3 Å². The smallest absolute Gasteiger partial charge is 0.232 e. The summed E-state index contributed by atoms with van der Waals surface area (Å²) in [7, 11) is 1.58. The van der Waals surface area contributed by atoms with E-state index in [4.69, 9.17) is 4.74 Å². The van der Waals surface area contributed by atoms with Crippen molar-refractivity contribution in [1.82, 2.24) is 15.0 Å². The van der Waals surface area contributed by atoms with E-state index in [0.29, 0.717) is 34.9 Å². The maximum atomic E-state index is 12.9. The van der Waals surface area contributed by atoms with Crippen molar-refractivity contribution in [2.75, 3.05) is 22.8 Å². The fraction of sp³-hybridized carbons (Fsp3) is 0.318. The maximum Gasteiger partial charge on any atom is 0.232 e. The second-order valence-electron chi connectivity index (χ2n) is 8.21. The number of hydrogen-bond acceptors (Lipinski definition) is 8. The summed E-state index contributed by atoms with van der Waals surface area (Å²) in [6.45, 7) is 4.75. The lowest BCUT2D eigenvalue weighted by Crippen LogP contribution is -2.15. The fourth-order valence-electron chi connectivity index (χ4n) is 4.11. The Morgan fingerprint density at radius 2 is 1.83 bits per heavy atom. The van der Waals surface area contributed by atoms with E-state index >= 15 is 0 Å². The van der Waals surface area contributed by atoms with Crippen LogP contribution in [0.1, 0.15) is 31.4 Å². The number of methoxy groups -OCH3 is 1. The van der Waals surface area contributed by atoms with Gasteiger partial charge < -0.3 is 25.6 Å². The van der Waals surface area contributed by atoms with Crippen LogP contribution >= 0.6 is 0 Å². The van der Waals surface area contributed by atoms with Crippen molar-refractivity contribution >= 4 is 29.0 Å². The number of fused-ring (bicyclic) bond motifs is 6. The predicted molar refractivity (Wildman–Crippen MR) is 117 cm³/mol. The van der Waals surface area contributed by atoms with Crippen LogP contribution in [0.5, 0.6) is 5.75 Å². The van der Waals surface area contributed by atoms with Crippen LogP contribution in [0, 0.1) is 11.1 Å². The lowest BCUT2D eigenvalue weighted by Gasteiger charge is -2.32. The summed E-state index contributed by atoms with van der Waals surface area (Å²) in [6.07, 6.45) is 2.59. The van der Waals surface area contributed by atoms with Crippen LogP contribution in [-0.4, -0.2) is 22.1 Å². The Labute approximate surface area is 174 Å². The van der Waals surface area contributed by atoms with Gasteiger partial charge in [0, 0.05) is 17.9 Å². The van der Waals surface area contributed by atoms with Crippen molar-refractivity contribution in [3.05, 3.63) is 59.1 Å². The average molecular weight is 403 g/mol. The Hall–Kier alpha value is -3.39. The van der Waals surface area contributed by atoms with Gasteiger partial charge in [-0.05, 0) is 53.1 Å². The first kappa shape index (κ1) is 18.6. The molecule has 1 fully saturated rings. The number of hydrogen-bond donors (Lipinski definition) is 2. The molecule has 0 amide bonds. The first-order chi connectivity index (χ1) is 14.5. The molecule has 1 saturated carbocycles. The zero-order chi connectivity index (χ0) is 20.9. The summed E-state index contributed by atoms with van der Waals surface area (Å²) in [5, 5.41) is 20.4. The average Bonchev–Trinajstić information content (AvgIpc) is 3.34. The molecule has 8 heteroatoms. The monoisotopic (exact) mass is 403 g/mol. The van der Waals surface area contributed by atoms with E-state index in [9.17, 15) is 5.21 Å². The summed E-state index contributed by atoms with van der Waals surface area (Å²) in [5.41, 5.74) is 4.29. The minimum atomic E-state index is 0.111. The third kappa shape index (κ3) is 3.19. The molecule has 2 N–H and O–H groups in total. The van der Waals surface area contributed by atoms with Crippen molar-refractivity contribution in [2.24, 2.45) is 5.92 Å². The van der Waals surface area contributed by atoms with E-state index in [1.807, 2.05) is 12.1 Å². The molecule has 2 heterocycles. The Morgan fingerprint density at radius 1 is 1.10 bits per heavy atom. The SMILES string of the molecule is COc1ccc2cc1Nc1ncnc(n1)Nc1cc(ccc1C1(C)CC1C)CN2[O-]. The van der Waals surface area contributed by atoms with Crippen molar-refractivity contribution in [3.63, 3.8) is 0 Å². The molecule has 1 aliphatic heterocycles. The van der Waals surface area contributed by atoms with Gasteiger partial charge in [-0.1, -0.05) is 26.0 Å². The molecule has 154 valence electrons. The zero-order valence-electron chi connectivity index (χ0n) is 17.1. The van der Waals surface area contributed by atoms with Gasteiger partial charge in [-0.3, -0.25) is 0 Å². The summed E-state index contributed by atoms with van der Waals surface area (Å²) in [5.74, 6) is 2.00. The molecule has 6 bridgehead atoms. The molecule has 3 aromatic rings. The van der Waals surface area contributed by atoms with Crippen molar-refractivity contribution in [1.29, 1.82) is 0 Å². The van der Waals surface area contributed by atoms with E-state index in [0.717, 1.165) is 22.7 Å². The summed E-state index contributed by atoms with van der Waals surface area (Å²) < 4.78 is 5.42. The van der Waals surface area contributed by atoms with Crippen LogP contribution < -0.4 is 20.4 Å². The van der Waals surface area contributed by atoms with Crippen LogP contribution in [0.3, 0.4) is 0 Å². The summed E-state index contributed by atoms with van der Waals surface area (Å²) in [4.78, 5) is 13.0. The standard InChI is InChI=1S/C22H23N6O2/c1-13-10-22(13,2)16-6-4-14-8-17(16)25-20-23-12-24-21(27-20)26-18-9-15(28(29)11-14)5-7-19(18)30-3/h4-9,12-13H,10-11H2,1-3H3,(H2,23,24,25,26,27)/q-1. The van der Waals surface area contributed by atoms with Gasteiger partial charge in [-0.2, -0.15) is 4.98 Å². The first-order valence-corrected chi connectivity index (χ1v) is 9.95. The Kier molecular flexibility index (Phi) is 4.25. The zero-order valence-corrected chi connectivity index (χ0v) is 17.1. The highest BCUT2D eigenvalue weighted by molar-refractivity contribution is 5.71. The number of ether oxygens (including phenoxy) is 1. The van der Waals surface area contributed by atoms with E-state index in [2.05, 4.69) is 45.5 Å². The molecule has 8 nitrogen and oxygen atoms in total. The Morgan fingerprint density at radius 3 is 2.53 bits per heavy atom. The summed E-state index contributed by atoms with van der Waals surface area (Å²) in [6, 6.07) is 11.4. The number of hydroxylamine groups is 1. The molecule has 0 radical (unpaired) electrons. The molecule has 1 aliphatic carbocycles. The highest BCUT2D eigenvalue weighted by atomic mass is 16.5. The molecule has 2 unspecified atom stereocenters. The van der Waals surface area contributed by atoms with Crippen LogP contribution in [-0.2, 0) is 12.0 Å². The predicted octanol–water partition coefficient (Wildman–Crippen LogP) is 4.48. The molecular formula is C22H23N6O2-. The number of anilines is 5. The molecule has 0 spiro atoms. The third-order valence-electron chi connectivity index (χ3n) is 6.22. The van der Waals surface area contributed by atoms with Gasteiger partial charge >= 0.3 is 0 Å². The van der Waals surface area contributed by atoms with E-state index < -0.39 is 0 Å². The molecule has 2 aromatic carbocycles. The van der Waals surface area contributed by atoms with Gasteiger partial charge in [-0.25, -0.2) is 9.97 Å². The lowest BCUT2D eigenvalue weighted by molar-refractivity contribution is 0.417. The third-order valence-corrected chi connectivity index (χ3v) is 6.22. The Balaban J connectivity index is 1.64. The van der Waals surface area contributed by atoms with Gasteiger partial charge in [0.2, 0.25) is 11.9 Å². The number of nitrogens with one attached hydrogen (secondary N) is 2. The van der Waals surface area contributed by atoms with Crippen LogP contribution in [0.2, 0.25) is 0 Å². The van der Waals surface area contributed by atoms with E-state index in [1.54, 1.807) is 25.3 Å². The number of nitrogens with zero attached hydrogens (tertiary/aromatic N) is 4. The normalized spacial score (nSPS) is 22.0. The molecular weight excluding hydrogens is 380 g/mol. The van der Waals surface area contributed by atoms with Gasteiger partial charge in [-0.15, -0.1) is 0 Å². The second kappa shape index (κ2) is 6.84. The highest BCUT2D eigenvalue weighted by Crippen LogP contribution is 2.55. The van der Waals surface area contributed by atoms with Crippen LogP contribution in [0.15, 0.2) is 42.7 Å². The number of rotatable bonds is 2. The maximum absolute atomic E-state index is 12.9. The lowest BCUT2D eigenvalue weighted by atomic mass is 9.92. The molecule has 2 aliphatic rings. The van der Waals surface area contributed by atoms with Crippen LogP contribution in [0.4, 0.5) is 29.0 Å². The molecule has 30 heavy (non-hydrogen) atoms. The molecule has 0 saturated heterocycles. The highest BCUT2D eigenvalue weighted by Gasteiger charge is 2.49. The van der Waals surface area contributed by atoms with Crippen LogP contribution in [0.25, 0.3) is 0 Å². The number of aromatic nitrogens is 3. The second-order valence-corrected chi connectivity index (χ2v) is 8.21. The molecule has 2 atom stereocenters. The quantitative estimate of drug-likeness (QED) is 0.646.